The van der Waals surface area contributed by atoms with Crippen molar-refractivity contribution in [2.45, 2.75) is 45.1 Å². The summed E-state index contributed by atoms with van der Waals surface area (Å²) in [5.41, 5.74) is 0.637. The van der Waals surface area contributed by atoms with E-state index in [-0.39, 0.29) is 5.91 Å². The van der Waals surface area contributed by atoms with E-state index in [4.69, 9.17) is 4.42 Å². The Balaban J connectivity index is 2.12. The number of carbonyl (C=O) groups excluding carboxylic acids is 1. The molecule has 1 aliphatic carbocycles. The molecule has 94 valence electrons. The zero-order valence-electron chi connectivity index (χ0n) is 10.1. The first-order valence-corrected chi connectivity index (χ1v) is 7.07. The molecule has 0 aromatic carbocycles. The molecule has 0 unspecified atom stereocenters. The summed E-state index contributed by atoms with van der Waals surface area (Å²) in [5, 5.41) is 0. The van der Waals surface area contributed by atoms with Gasteiger partial charge < -0.3 is 9.32 Å². The van der Waals surface area contributed by atoms with Crippen LogP contribution in [0.2, 0.25) is 0 Å². The van der Waals surface area contributed by atoms with Gasteiger partial charge in [-0.25, -0.2) is 0 Å². The maximum absolute atomic E-state index is 12.4. The summed E-state index contributed by atoms with van der Waals surface area (Å²) in [6, 6.07) is 2.14. The summed E-state index contributed by atoms with van der Waals surface area (Å²) in [4.78, 5) is 14.4. The third kappa shape index (κ3) is 2.73. The Morgan fingerprint density at radius 3 is 2.71 bits per heavy atom. The van der Waals surface area contributed by atoms with E-state index in [2.05, 4.69) is 15.9 Å². The van der Waals surface area contributed by atoms with E-state index in [0.29, 0.717) is 16.3 Å². The highest BCUT2D eigenvalue weighted by Gasteiger charge is 2.26. The Morgan fingerprint density at radius 2 is 2.18 bits per heavy atom. The maximum Gasteiger partial charge on any atom is 0.258 e. The fourth-order valence-corrected chi connectivity index (χ4v) is 2.97. The molecular formula is C13H18BrNO2. The highest BCUT2D eigenvalue weighted by atomic mass is 79.9. The highest BCUT2D eigenvalue weighted by Crippen LogP contribution is 2.26. The van der Waals surface area contributed by atoms with Gasteiger partial charge in [-0.05, 0) is 41.8 Å². The summed E-state index contributed by atoms with van der Waals surface area (Å²) in [6.07, 6.45) is 7.59. The minimum atomic E-state index is 0.0834. The third-order valence-corrected chi connectivity index (χ3v) is 4.08. The van der Waals surface area contributed by atoms with E-state index in [0.717, 1.165) is 19.4 Å². The number of nitrogens with zero attached hydrogens (tertiary/aromatic N) is 1. The SMILES string of the molecule is CCN(C(=O)c1ccoc1Br)C1CCCCC1. The van der Waals surface area contributed by atoms with Crippen LogP contribution in [-0.4, -0.2) is 23.4 Å². The number of rotatable bonds is 3. The predicted molar refractivity (Wildman–Crippen MR) is 70.0 cm³/mol. The molecule has 0 aliphatic heterocycles. The van der Waals surface area contributed by atoms with Crippen LogP contribution in [-0.2, 0) is 0 Å². The molecule has 2 rings (SSSR count). The first kappa shape index (κ1) is 12.7. The second-order valence-corrected chi connectivity index (χ2v) is 5.21. The topological polar surface area (TPSA) is 33.5 Å². The molecule has 0 bridgehead atoms. The molecule has 4 heteroatoms. The number of hydrogen-bond acceptors (Lipinski definition) is 2. The standard InChI is InChI=1S/C13H18BrNO2/c1-2-15(10-6-4-3-5-7-10)13(16)11-8-9-17-12(11)14/h8-10H,2-7H2,1H3. The Labute approximate surface area is 110 Å². The minimum absolute atomic E-state index is 0.0834. The molecule has 1 heterocycles. The van der Waals surface area contributed by atoms with Crippen LogP contribution in [0.3, 0.4) is 0 Å². The van der Waals surface area contributed by atoms with Gasteiger partial charge in [0.25, 0.3) is 5.91 Å². The molecular weight excluding hydrogens is 282 g/mol. The first-order valence-electron chi connectivity index (χ1n) is 6.28. The summed E-state index contributed by atoms with van der Waals surface area (Å²) in [7, 11) is 0. The van der Waals surface area contributed by atoms with Gasteiger partial charge in [-0.1, -0.05) is 19.3 Å². The molecule has 1 saturated carbocycles. The Bertz CT molecular complexity index is 383. The second-order valence-electron chi connectivity index (χ2n) is 4.49. The molecule has 0 radical (unpaired) electrons. The van der Waals surface area contributed by atoms with E-state index in [1.54, 1.807) is 12.3 Å². The Hall–Kier alpha value is -0.770. The molecule has 0 spiro atoms. The van der Waals surface area contributed by atoms with Gasteiger partial charge >= 0.3 is 0 Å². The number of amides is 1. The van der Waals surface area contributed by atoms with Crippen molar-refractivity contribution in [2.24, 2.45) is 0 Å². The van der Waals surface area contributed by atoms with E-state index < -0.39 is 0 Å². The van der Waals surface area contributed by atoms with Gasteiger partial charge in [0.1, 0.15) is 0 Å². The van der Waals surface area contributed by atoms with Crippen LogP contribution < -0.4 is 0 Å². The predicted octanol–water partition coefficient (Wildman–Crippen LogP) is 3.84. The van der Waals surface area contributed by atoms with Crippen molar-refractivity contribution >= 4 is 21.8 Å². The van der Waals surface area contributed by atoms with Crippen LogP contribution in [0.15, 0.2) is 21.4 Å². The largest absolute Gasteiger partial charge is 0.457 e. The third-order valence-electron chi connectivity index (χ3n) is 3.47. The van der Waals surface area contributed by atoms with Crippen LogP contribution in [0.1, 0.15) is 49.4 Å². The van der Waals surface area contributed by atoms with Crippen LogP contribution >= 0.6 is 15.9 Å². The molecule has 0 saturated heterocycles. The molecule has 1 aromatic rings. The average molecular weight is 300 g/mol. The fourth-order valence-electron chi connectivity index (χ4n) is 2.56. The molecule has 0 N–H and O–H groups in total. The number of hydrogen-bond donors (Lipinski definition) is 0. The van der Waals surface area contributed by atoms with Gasteiger partial charge in [0.2, 0.25) is 0 Å². The molecule has 1 aromatic heterocycles. The van der Waals surface area contributed by atoms with Crippen molar-refractivity contribution in [2.75, 3.05) is 6.54 Å². The van der Waals surface area contributed by atoms with Crippen molar-refractivity contribution in [1.29, 1.82) is 0 Å². The van der Waals surface area contributed by atoms with Crippen LogP contribution in [0, 0.1) is 0 Å². The Morgan fingerprint density at radius 1 is 1.47 bits per heavy atom. The second kappa shape index (κ2) is 5.71. The van der Waals surface area contributed by atoms with Gasteiger partial charge in [-0.3, -0.25) is 4.79 Å². The maximum atomic E-state index is 12.4. The van der Waals surface area contributed by atoms with Crippen LogP contribution in [0.5, 0.6) is 0 Å². The van der Waals surface area contributed by atoms with Gasteiger partial charge in [-0.15, -0.1) is 0 Å². The normalized spacial score (nSPS) is 17.1. The summed E-state index contributed by atoms with van der Waals surface area (Å²) >= 11 is 3.27. The van der Waals surface area contributed by atoms with Crippen molar-refractivity contribution in [1.82, 2.24) is 4.90 Å². The number of carbonyl (C=O) groups is 1. The van der Waals surface area contributed by atoms with Crippen molar-refractivity contribution in [3.05, 3.63) is 22.6 Å². The lowest BCUT2D eigenvalue weighted by molar-refractivity contribution is 0.0646. The monoisotopic (exact) mass is 299 g/mol. The first-order chi connectivity index (χ1) is 8.24. The zero-order valence-corrected chi connectivity index (χ0v) is 11.7. The summed E-state index contributed by atoms with van der Waals surface area (Å²) < 4.78 is 5.68. The van der Waals surface area contributed by atoms with Crippen molar-refractivity contribution in [3.63, 3.8) is 0 Å². The van der Waals surface area contributed by atoms with Gasteiger partial charge in [-0.2, -0.15) is 0 Å². The molecule has 17 heavy (non-hydrogen) atoms. The van der Waals surface area contributed by atoms with Gasteiger partial charge in [0.15, 0.2) is 4.67 Å². The average Bonchev–Trinajstić information content (AvgIpc) is 2.77. The van der Waals surface area contributed by atoms with Crippen LogP contribution in [0.25, 0.3) is 0 Å². The zero-order chi connectivity index (χ0) is 12.3. The molecule has 1 amide bonds. The molecule has 1 aliphatic rings. The van der Waals surface area contributed by atoms with Crippen LogP contribution in [0.4, 0.5) is 0 Å². The Kier molecular flexibility index (Phi) is 4.26. The lowest BCUT2D eigenvalue weighted by Gasteiger charge is -2.33. The van der Waals surface area contributed by atoms with E-state index in [1.807, 2.05) is 11.8 Å². The lowest BCUT2D eigenvalue weighted by atomic mass is 9.94. The van der Waals surface area contributed by atoms with Gasteiger partial charge in [0.05, 0.1) is 11.8 Å². The van der Waals surface area contributed by atoms with Crippen molar-refractivity contribution < 1.29 is 9.21 Å². The fraction of sp³-hybridized carbons (Fsp3) is 0.615. The molecule has 0 atom stereocenters. The smallest absolute Gasteiger partial charge is 0.258 e. The number of furan rings is 1. The minimum Gasteiger partial charge on any atom is -0.457 e. The van der Waals surface area contributed by atoms with E-state index >= 15 is 0 Å². The van der Waals surface area contributed by atoms with E-state index in [1.165, 1.54) is 19.3 Å². The van der Waals surface area contributed by atoms with Gasteiger partial charge in [0, 0.05) is 12.6 Å². The van der Waals surface area contributed by atoms with Crippen molar-refractivity contribution in [3.8, 4) is 0 Å². The lowest BCUT2D eigenvalue weighted by Crippen LogP contribution is -2.41. The molecule has 1 fully saturated rings. The van der Waals surface area contributed by atoms with E-state index in [9.17, 15) is 4.79 Å². The molecule has 3 nitrogen and oxygen atoms in total. The highest BCUT2D eigenvalue weighted by molar-refractivity contribution is 9.10. The quantitative estimate of drug-likeness (QED) is 0.850. The number of halogens is 1. The summed E-state index contributed by atoms with van der Waals surface area (Å²) in [5.74, 6) is 0.0834. The summed E-state index contributed by atoms with van der Waals surface area (Å²) in [6.45, 7) is 2.81.